The fraction of sp³-hybridized carbons (Fsp3) is 0.378. The number of halogens is 1. The van der Waals surface area contributed by atoms with Crippen molar-refractivity contribution in [2.75, 3.05) is 62.8 Å². The number of rotatable bonds is 13. The molecule has 0 spiro atoms. The Kier molecular flexibility index (Phi) is 12.6. The van der Waals surface area contributed by atoms with Crippen LogP contribution in [0.5, 0.6) is 11.5 Å². The number of nitro benzene ring substituents is 1. The molecule has 8 rings (SSSR count). The van der Waals surface area contributed by atoms with E-state index in [1.165, 1.54) is 41.1 Å². The van der Waals surface area contributed by atoms with Gasteiger partial charge in [-0.25, -0.2) is 18.1 Å². The van der Waals surface area contributed by atoms with Gasteiger partial charge in [-0.1, -0.05) is 43.2 Å². The fourth-order valence-corrected chi connectivity index (χ4v) is 9.46. The minimum atomic E-state index is -4.59. The zero-order valence-electron chi connectivity index (χ0n) is 34.9. The van der Waals surface area contributed by atoms with E-state index in [4.69, 9.17) is 25.8 Å². The highest BCUT2D eigenvalue weighted by atomic mass is 35.5. The zero-order valence-corrected chi connectivity index (χ0v) is 36.4. The first-order valence-corrected chi connectivity index (χ1v) is 22.6. The zero-order chi connectivity index (χ0) is 43.6. The first-order chi connectivity index (χ1) is 29.7. The van der Waals surface area contributed by atoms with Gasteiger partial charge in [0.05, 0.1) is 47.5 Å². The van der Waals surface area contributed by atoms with Crippen molar-refractivity contribution in [1.82, 2.24) is 19.6 Å². The lowest BCUT2D eigenvalue weighted by Crippen LogP contribution is -2.52. The Labute approximate surface area is 365 Å². The van der Waals surface area contributed by atoms with Crippen LogP contribution in [-0.2, 0) is 19.5 Å². The van der Waals surface area contributed by atoms with Gasteiger partial charge in [0, 0.05) is 73.2 Å². The summed E-state index contributed by atoms with van der Waals surface area (Å²) in [6.45, 7) is 11.4. The monoisotopic (exact) mass is 883 g/mol. The minimum absolute atomic E-state index is 0.0532. The lowest BCUT2D eigenvalue weighted by Gasteiger charge is -2.43. The van der Waals surface area contributed by atoms with Gasteiger partial charge < -0.3 is 29.4 Å². The lowest BCUT2D eigenvalue weighted by molar-refractivity contribution is -0.384. The molecular formula is C45H50ClN7O8S. The van der Waals surface area contributed by atoms with Crippen LogP contribution in [0.15, 0.2) is 95.7 Å². The maximum Gasteiger partial charge on any atom is 0.293 e. The summed E-state index contributed by atoms with van der Waals surface area (Å²) < 4.78 is 46.8. The van der Waals surface area contributed by atoms with E-state index in [9.17, 15) is 23.3 Å². The Morgan fingerprint density at radius 3 is 2.66 bits per heavy atom. The lowest BCUT2D eigenvalue weighted by atomic mass is 9.72. The first-order valence-electron chi connectivity index (χ1n) is 20.7. The fourth-order valence-electron chi connectivity index (χ4n) is 8.35. The van der Waals surface area contributed by atoms with Gasteiger partial charge >= 0.3 is 0 Å². The van der Waals surface area contributed by atoms with Gasteiger partial charge in [-0.3, -0.25) is 19.8 Å². The molecule has 15 nitrogen and oxygen atoms in total. The van der Waals surface area contributed by atoms with E-state index in [0.717, 1.165) is 54.5 Å². The molecule has 1 unspecified atom stereocenters. The standard InChI is InChI=1S/C45H50ClN7O8S/c1-29-26-52(17-16-51(29)27-32-12-14-45(2,3)23-39(32)30-4-6-33(46)7-5-30)34-8-10-38(42(21-34)61-35-20-31-13-15-47-43(31)49-24-35)44(54)50-62(57,58)37-9-11-40(41(22-37)53(55)56)48-25-36-28-59-18-19-60-36/h4-11,13,15,20-22,24,29,36,48H,12,14,16-19,23,25-28H2,1-3H3,(H,47,49)(H,50,54)/t29-,36?/m1/s1. The van der Waals surface area contributed by atoms with Crippen LogP contribution >= 0.6 is 11.6 Å². The van der Waals surface area contributed by atoms with Crippen LogP contribution in [0.4, 0.5) is 17.1 Å². The van der Waals surface area contributed by atoms with Gasteiger partial charge in [0.15, 0.2) is 0 Å². The molecular weight excluding hydrogens is 834 g/mol. The maximum atomic E-state index is 13.9. The van der Waals surface area contributed by atoms with Crippen molar-refractivity contribution >= 4 is 61.2 Å². The van der Waals surface area contributed by atoms with Gasteiger partial charge in [-0.05, 0) is 91.3 Å². The van der Waals surface area contributed by atoms with E-state index in [0.29, 0.717) is 44.3 Å². The minimum Gasteiger partial charge on any atom is -0.455 e. The van der Waals surface area contributed by atoms with Crippen molar-refractivity contribution in [3.63, 3.8) is 0 Å². The number of allylic oxidation sites excluding steroid dienone is 1. The Morgan fingerprint density at radius 1 is 1.08 bits per heavy atom. The van der Waals surface area contributed by atoms with Crippen molar-refractivity contribution in [3.8, 4) is 11.5 Å². The summed E-state index contributed by atoms with van der Waals surface area (Å²) in [6.07, 6.45) is 6.12. The molecule has 2 saturated heterocycles. The SMILES string of the molecule is C[C@@H]1CN(c2ccc(C(=O)NS(=O)(=O)c3ccc(NCC4COCCO4)c([N+](=O)[O-])c3)c(Oc3cnc4[nH]ccc4c3)c2)CCN1CC1=C(c2ccc(Cl)cc2)CC(C)(C)CC1. The van der Waals surface area contributed by atoms with E-state index in [1.807, 2.05) is 18.2 Å². The van der Waals surface area contributed by atoms with Crippen LogP contribution in [0, 0.1) is 15.5 Å². The van der Waals surface area contributed by atoms with Crippen LogP contribution in [0.1, 0.15) is 56.0 Å². The summed E-state index contributed by atoms with van der Waals surface area (Å²) in [7, 11) is -4.59. The van der Waals surface area contributed by atoms with Crippen LogP contribution in [-0.4, -0.2) is 98.8 Å². The Bertz CT molecular complexity index is 2610. The number of aromatic nitrogens is 2. The molecule has 326 valence electrons. The molecule has 2 atom stereocenters. The summed E-state index contributed by atoms with van der Waals surface area (Å²) in [5.41, 5.74) is 5.32. The van der Waals surface area contributed by atoms with Gasteiger partial charge in [-0.2, -0.15) is 0 Å². The van der Waals surface area contributed by atoms with Crippen LogP contribution in [0.25, 0.3) is 16.6 Å². The highest BCUT2D eigenvalue weighted by Gasteiger charge is 2.32. The van der Waals surface area contributed by atoms with Crippen molar-refractivity contribution < 1.29 is 32.3 Å². The number of nitrogens with one attached hydrogen (secondary N) is 3. The van der Waals surface area contributed by atoms with Crippen molar-refractivity contribution in [1.29, 1.82) is 0 Å². The molecule has 0 bridgehead atoms. The smallest absolute Gasteiger partial charge is 0.293 e. The van der Waals surface area contributed by atoms with Gasteiger partial charge in [0.1, 0.15) is 22.8 Å². The summed E-state index contributed by atoms with van der Waals surface area (Å²) in [5.74, 6) is -0.516. The summed E-state index contributed by atoms with van der Waals surface area (Å²) in [6, 6.07) is 20.4. The highest BCUT2D eigenvalue weighted by Crippen LogP contribution is 2.44. The predicted molar refractivity (Wildman–Crippen MR) is 239 cm³/mol. The topological polar surface area (TPSA) is 181 Å². The van der Waals surface area contributed by atoms with Crippen LogP contribution in [0.3, 0.4) is 0 Å². The number of ether oxygens (including phenoxy) is 3. The van der Waals surface area contributed by atoms with Crippen molar-refractivity contribution in [2.45, 2.75) is 57.1 Å². The average Bonchev–Trinajstić information content (AvgIpc) is 3.72. The second-order valence-corrected chi connectivity index (χ2v) is 19.0. The van der Waals surface area contributed by atoms with Gasteiger partial charge in [0.25, 0.3) is 21.6 Å². The molecule has 3 aromatic carbocycles. The molecule has 62 heavy (non-hydrogen) atoms. The third-order valence-corrected chi connectivity index (χ3v) is 13.4. The van der Waals surface area contributed by atoms with Gasteiger partial charge in [0.2, 0.25) is 0 Å². The number of carbonyl (C=O) groups excluding carboxylic acids is 1. The van der Waals surface area contributed by atoms with Crippen molar-refractivity contribution in [3.05, 3.63) is 117 Å². The second kappa shape index (κ2) is 18.1. The number of fused-ring (bicyclic) bond motifs is 1. The number of piperazine rings is 1. The number of nitrogens with zero attached hydrogens (tertiary/aromatic N) is 4. The number of hydrogen-bond donors (Lipinski definition) is 3. The van der Waals surface area contributed by atoms with Gasteiger partial charge in [-0.15, -0.1) is 0 Å². The largest absolute Gasteiger partial charge is 0.455 e. The predicted octanol–water partition coefficient (Wildman–Crippen LogP) is 8.04. The normalized spacial score (nSPS) is 19.6. The number of H-pyrrole nitrogens is 1. The molecule has 2 aromatic heterocycles. The van der Waals surface area contributed by atoms with Crippen LogP contribution < -0.4 is 19.7 Å². The highest BCUT2D eigenvalue weighted by molar-refractivity contribution is 7.90. The van der Waals surface area contributed by atoms with E-state index < -0.39 is 31.4 Å². The summed E-state index contributed by atoms with van der Waals surface area (Å²) in [4.78, 5) is 37.1. The molecule has 2 aliphatic heterocycles. The molecule has 1 aliphatic carbocycles. The number of benzene rings is 3. The molecule has 4 heterocycles. The number of anilines is 2. The molecule has 5 aromatic rings. The molecule has 1 amide bonds. The molecule has 3 N–H and O–H groups in total. The Balaban J connectivity index is 1.02. The number of carbonyl (C=O) groups is 1. The Hall–Kier alpha value is -5.52. The third kappa shape index (κ3) is 9.90. The third-order valence-electron chi connectivity index (χ3n) is 11.8. The molecule has 0 saturated carbocycles. The first kappa shape index (κ1) is 43.1. The maximum absolute atomic E-state index is 13.9. The number of nitro groups is 1. The molecule has 2 fully saturated rings. The number of amides is 1. The van der Waals surface area contributed by atoms with E-state index in [-0.39, 0.29) is 41.1 Å². The Morgan fingerprint density at radius 2 is 1.90 bits per heavy atom. The molecule has 0 radical (unpaired) electrons. The second-order valence-electron chi connectivity index (χ2n) is 16.9. The number of pyridine rings is 1. The van der Waals surface area contributed by atoms with Crippen molar-refractivity contribution in [2.24, 2.45) is 5.41 Å². The summed E-state index contributed by atoms with van der Waals surface area (Å²) in [5, 5.41) is 16.5. The van der Waals surface area contributed by atoms with Crippen LogP contribution in [0.2, 0.25) is 5.02 Å². The molecule has 3 aliphatic rings. The average molecular weight is 884 g/mol. The number of aromatic amines is 1. The van der Waals surface area contributed by atoms with E-state index >= 15 is 0 Å². The quantitative estimate of drug-likeness (QED) is 0.0766. The van der Waals surface area contributed by atoms with E-state index in [1.54, 1.807) is 24.4 Å². The van der Waals surface area contributed by atoms with E-state index in [2.05, 4.69) is 62.7 Å². The number of hydrogen-bond acceptors (Lipinski definition) is 12. The summed E-state index contributed by atoms with van der Waals surface area (Å²) >= 11 is 6.25. The number of sulfonamides is 1. The molecule has 17 heteroatoms.